The third-order valence-corrected chi connectivity index (χ3v) is 1.73. The number of hydrogen-bond donors (Lipinski definition) is 1. The van der Waals surface area contributed by atoms with Gasteiger partial charge in [-0.25, -0.2) is 0 Å². The number of thiol groups is 1. The van der Waals surface area contributed by atoms with Gasteiger partial charge in [0.15, 0.2) is 0 Å². The van der Waals surface area contributed by atoms with E-state index in [2.05, 4.69) is 24.0 Å². The third-order valence-electron chi connectivity index (χ3n) is 1.58. The first-order valence-corrected chi connectivity index (χ1v) is 4.29. The number of Topliss-reactive ketones (excluding diaryl/α,β-unsaturated/α-hetero) is 1. The third kappa shape index (κ3) is 7.88. The Morgan fingerprint density at radius 3 is 2.73 bits per heavy atom. The van der Waals surface area contributed by atoms with Gasteiger partial charge in [-0.3, -0.25) is 0 Å². The van der Waals surface area contributed by atoms with E-state index in [1.807, 2.05) is 0 Å². The maximum atomic E-state index is 10.5. The summed E-state index contributed by atoms with van der Waals surface area (Å²) in [6.07, 6.45) is 2.70. The molecular formula is C8H16O2S. The molecule has 66 valence electrons. The van der Waals surface area contributed by atoms with Crippen LogP contribution >= 0.6 is 12.9 Å². The molecule has 0 unspecified atom stereocenters. The number of ketones is 1. The summed E-state index contributed by atoms with van der Waals surface area (Å²) in [5.74, 6) is 0.774. The monoisotopic (exact) mass is 176 g/mol. The Hall–Kier alpha value is -0.0200. The quantitative estimate of drug-likeness (QED) is 0.496. The first kappa shape index (κ1) is 11.0. The topological polar surface area (TPSA) is 26.3 Å². The van der Waals surface area contributed by atoms with Gasteiger partial charge < -0.3 is 8.98 Å². The van der Waals surface area contributed by atoms with E-state index in [4.69, 9.17) is 0 Å². The molecule has 0 saturated carbocycles. The standard InChI is InChI=1S/C8H16O2S/c1-7(6-10-11)4-3-5-8(2)9/h7,11H,3-6H2,1-2H3/t7-/m0/s1. The molecule has 0 aromatic heterocycles. The summed E-state index contributed by atoms with van der Waals surface area (Å²) in [6, 6.07) is 0. The first-order valence-electron chi connectivity index (χ1n) is 3.92. The molecular weight excluding hydrogens is 160 g/mol. The van der Waals surface area contributed by atoms with Crippen molar-refractivity contribution < 1.29 is 8.98 Å². The highest BCUT2D eigenvalue weighted by Crippen LogP contribution is 2.08. The van der Waals surface area contributed by atoms with Crippen LogP contribution in [0.15, 0.2) is 0 Å². The zero-order valence-electron chi connectivity index (χ0n) is 7.17. The summed E-state index contributed by atoms with van der Waals surface area (Å²) in [5.41, 5.74) is 0. The highest BCUT2D eigenvalue weighted by molar-refractivity contribution is 7.75. The molecule has 0 aliphatic rings. The van der Waals surface area contributed by atoms with Gasteiger partial charge in [0.05, 0.1) is 6.61 Å². The summed E-state index contributed by atoms with van der Waals surface area (Å²) in [6.45, 7) is 4.39. The van der Waals surface area contributed by atoms with Gasteiger partial charge >= 0.3 is 0 Å². The molecule has 0 N–H and O–H groups in total. The minimum Gasteiger partial charge on any atom is -0.318 e. The minimum absolute atomic E-state index is 0.268. The predicted molar refractivity (Wildman–Crippen MR) is 48.6 cm³/mol. The molecule has 0 aliphatic heterocycles. The van der Waals surface area contributed by atoms with Gasteiger partial charge in [-0.2, -0.15) is 0 Å². The zero-order valence-corrected chi connectivity index (χ0v) is 8.06. The van der Waals surface area contributed by atoms with E-state index in [1.165, 1.54) is 0 Å². The SMILES string of the molecule is CC(=O)CCC[C@H](C)COS. The number of hydrogen-bond acceptors (Lipinski definition) is 3. The van der Waals surface area contributed by atoms with Crippen LogP contribution in [0.3, 0.4) is 0 Å². The van der Waals surface area contributed by atoms with Crippen molar-refractivity contribution in [3.8, 4) is 0 Å². The second kappa shape index (κ2) is 6.68. The lowest BCUT2D eigenvalue weighted by molar-refractivity contribution is -0.117. The highest BCUT2D eigenvalue weighted by atomic mass is 32.1. The molecule has 0 radical (unpaired) electrons. The smallest absolute Gasteiger partial charge is 0.129 e. The van der Waals surface area contributed by atoms with Gasteiger partial charge in [0, 0.05) is 6.42 Å². The van der Waals surface area contributed by atoms with E-state index in [9.17, 15) is 4.79 Å². The van der Waals surface area contributed by atoms with Gasteiger partial charge in [0.1, 0.15) is 5.78 Å². The molecule has 0 rings (SSSR count). The van der Waals surface area contributed by atoms with E-state index < -0.39 is 0 Å². The summed E-state index contributed by atoms with van der Waals surface area (Å²) < 4.78 is 4.67. The molecule has 0 amide bonds. The average molecular weight is 176 g/mol. The summed E-state index contributed by atoms with van der Waals surface area (Å²) in [5, 5.41) is 0. The van der Waals surface area contributed by atoms with Gasteiger partial charge in [0.2, 0.25) is 0 Å². The molecule has 0 heterocycles. The van der Waals surface area contributed by atoms with E-state index in [-0.39, 0.29) is 5.78 Å². The van der Waals surface area contributed by atoms with Crippen molar-refractivity contribution in [3.05, 3.63) is 0 Å². The average Bonchev–Trinajstić information content (AvgIpc) is 1.87. The molecule has 1 atom stereocenters. The number of carbonyl (C=O) groups excluding carboxylic acids is 1. The maximum Gasteiger partial charge on any atom is 0.129 e. The molecule has 2 nitrogen and oxygen atoms in total. The Kier molecular flexibility index (Phi) is 6.66. The Balaban J connectivity index is 3.16. The summed E-state index contributed by atoms with van der Waals surface area (Å²) >= 11 is 3.66. The van der Waals surface area contributed by atoms with Crippen molar-refractivity contribution in [3.63, 3.8) is 0 Å². The van der Waals surface area contributed by atoms with Crippen molar-refractivity contribution in [1.82, 2.24) is 0 Å². The van der Waals surface area contributed by atoms with Crippen LogP contribution in [-0.2, 0) is 8.98 Å². The van der Waals surface area contributed by atoms with Crippen LogP contribution in [0, 0.1) is 5.92 Å². The fourth-order valence-corrected chi connectivity index (χ4v) is 1.16. The minimum atomic E-state index is 0.268. The molecule has 3 heteroatoms. The van der Waals surface area contributed by atoms with E-state index >= 15 is 0 Å². The van der Waals surface area contributed by atoms with Crippen LogP contribution in [0.25, 0.3) is 0 Å². The van der Waals surface area contributed by atoms with Crippen molar-refractivity contribution in [2.75, 3.05) is 6.61 Å². The maximum absolute atomic E-state index is 10.5. The van der Waals surface area contributed by atoms with Gasteiger partial charge in [-0.1, -0.05) is 6.92 Å². The van der Waals surface area contributed by atoms with Crippen LogP contribution in [0.2, 0.25) is 0 Å². The largest absolute Gasteiger partial charge is 0.318 e. The van der Waals surface area contributed by atoms with E-state index in [1.54, 1.807) is 6.92 Å². The van der Waals surface area contributed by atoms with Crippen LogP contribution in [0.5, 0.6) is 0 Å². The fourth-order valence-electron chi connectivity index (χ4n) is 0.910. The van der Waals surface area contributed by atoms with Crippen molar-refractivity contribution in [2.45, 2.75) is 33.1 Å². The van der Waals surface area contributed by atoms with Crippen LogP contribution in [0.1, 0.15) is 33.1 Å². The second-order valence-corrected chi connectivity index (χ2v) is 3.25. The van der Waals surface area contributed by atoms with E-state index in [0.717, 1.165) is 12.8 Å². The van der Waals surface area contributed by atoms with Gasteiger partial charge in [-0.15, -0.1) is 0 Å². The lowest BCUT2D eigenvalue weighted by atomic mass is 10.0. The fraction of sp³-hybridized carbons (Fsp3) is 0.875. The zero-order chi connectivity index (χ0) is 8.69. The molecule has 0 aliphatic carbocycles. The van der Waals surface area contributed by atoms with Crippen LogP contribution in [0.4, 0.5) is 0 Å². The molecule has 0 bridgehead atoms. The number of carbonyl (C=O) groups is 1. The summed E-state index contributed by atoms with van der Waals surface area (Å²) in [4.78, 5) is 10.5. The molecule has 0 fully saturated rings. The van der Waals surface area contributed by atoms with Crippen LogP contribution < -0.4 is 0 Å². The Morgan fingerprint density at radius 2 is 2.27 bits per heavy atom. The number of rotatable bonds is 6. The molecule has 0 saturated heterocycles. The van der Waals surface area contributed by atoms with Crippen LogP contribution in [-0.4, -0.2) is 12.4 Å². The molecule has 0 spiro atoms. The highest BCUT2D eigenvalue weighted by Gasteiger charge is 2.01. The predicted octanol–water partition coefficient (Wildman–Crippen LogP) is 2.24. The Bertz CT molecular complexity index is 115. The first-order chi connectivity index (χ1) is 5.16. The van der Waals surface area contributed by atoms with Crippen molar-refractivity contribution in [2.24, 2.45) is 5.92 Å². The van der Waals surface area contributed by atoms with Gasteiger partial charge in [0.25, 0.3) is 0 Å². The Morgan fingerprint density at radius 1 is 1.64 bits per heavy atom. The normalized spacial score (nSPS) is 13.0. The summed E-state index contributed by atoms with van der Waals surface area (Å²) in [7, 11) is 0. The van der Waals surface area contributed by atoms with Gasteiger partial charge in [-0.05, 0) is 38.6 Å². The molecule has 11 heavy (non-hydrogen) atoms. The lowest BCUT2D eigenvalue weighted by Crippen LogP contribution is -2.02. The van der Waals surface area contributed by atoms with Crippen molar-refractivity contribution >= 4 is 18.7 Å². The Labute approximate surface area is 73.9 Å². The van der Waals surface area contributed by atoms with Crippen molar-refractivity contribution in [1.29, 1.82) is 0 Å². The lowest BCUT2D eigenvalue weighted by Gasteiger charge is -2.07. The molecule has 0 aromatic rings. The molecule has 0 aromatic carbocycles. The second-order valence-electron chi connectivity index (χ2n) is 3.00. The van der Waals surface area contributed by atoms with E-state index in [0.29, 0.717) is 18.9 Å².